The fourth-order valence-corrected chi connectivity index (χ4v) is 3.07. The molecule has 2 aromatic rings. The molecule has 0 aromatic carbocycles. The Morgan fingerprint density at radius 1 is 1.15 bits per heavy atom. The van der Waals surface area contributed by atoms with Crippen LogP contribution in [0.2, 0.25) is 0 Å². The number of hydrogen-bond acceptors (Lipinski definition) is 6. The van der Waals surface area contributed by atoms with E-state index in [0.717, 1.165) is 50.7 Å². The van der Waals surface area contributed by atoms with Crippen molar-refractivity contribution in [1.82, 2.24) is 19.9 Å². The first-order chi connectivity index (χ1) is 9.85. The lowest BCUT2D eigenvalue weighted by atomic mass is 10.2. The van der Waals surface area contributed by atoms with E-state index in [1.54, 1.807) is 17.7 Å². The zero-order valence-electron chi connectivity index (χ0n) is 11.7. The minimum atomic E-state index is 0.958. The Balaban J connectivity index is 1.57. The van der Waals surface area contributed by atoms with Crippen LogP contribution in [0, 0.1) is 0 Å². The van der Waals surface area contributed by atoms with Crippen LogP contribution >= 0.6 is 11.3 Å². The quantitative estimate of drug-likeness (QED) is 0.859. The van der Waals surface area contributed by atoms with Crippen molar-refractivity contribution in [3.63, 3.8) is 0 Å². The van der Waals surface area contributed by atoms with Crippen LogP contribution in [-0.2, 0) is 13.0 Å². The molecule has 0 radical (unpaired) electrons. The van der Waals surface area contributed by atoms with Crippen LogP contribution in [0.3, 0.4) is 0 Å². The topological polar surface area (TPSA) is 45.2 Å². The molecule has 0 spiro atoms. The molecule has 0 aliphatic carbocycles. The Bertz CT molecular complexity index is 534. The van der Waals surface area contributed by atoms with E-state index in [0.29, 0.717) is 0 Å². The van der Waals surface area contributed by atoms with Crippen LogP contribution in [-0.4, -0.2) is 46.0 Å². The van der Waals surface area contributed by atoms with Gasteiger partial charge in [0.25, 0.3) is 0 Å². The van der Waals surface area contributed by atoms with Crippen molar-refractivity contribution in [2.75, 3.05) is 31.1 Å². The highest BCUT2D eigenvalue weighted by molar-refractivity contribution is 7.09. The van der Waals surface area contributed by atoms with Crippen molar-refractivity contribution in [2.45, 2.75) is 19.9 Å². The van der Waals surface area contributed by atoms with Crippen molar-refractivity contribution in [3.05, 3.63) is 34.7 Å². The van der Waals surface area contributed by atoms with Crippen molar-refractivity contribution in [1.29, 1.82) is 0 Å². The molecule has 0 amide bonds. The van der Waals surface area contributed by atoms with E-state index in [1.807, 2.05) is 11.6 Å². The van der Waals surface area contributed by atoms with E-state index in [4.69, 9.17) is 0 Å². The molecule has 0 bridgehead atoms. The molecule has 0 saturated carbocycles. The first-order valence-corrected chi connectivity index (χ1v) is 7.89. The van der Waals surface area contributed by atoms with Gasteiger partial charge in [-0.3, -0.25) is 4.90 Å². The zero-order valence-corrected chi connectivity index (χ0v) is 12.5. The minimum absolute atomic E-state index is 0.958. The number of rotatable bonds is 4. The number of nitrogens with zero attached hydrogens (tertiary/aromatic N) is 5. The number of thiazole rings is 1. The molecule has 3 rings (SSSR count). The third-order valence-corrected chi connectivity index (χ3v) is 4.37. The summed E-state index contributed by atoms with van der Waals surface area (Å²) >= 11 is 1.73. The molecule has 106 valence electrons. The van der Waals surface area contributed by atoms with E-state index < -0.39 is 0 Å². The Labute approximate surface area is 123 Å². The average Bonchev–Trinajstić information content (AvgIpc) is 3.01. The molecule has 1 aliphatic rings. The smallest absolute Gasteiger partial charge is 0.132 e. The van der Waals surface area contributed by atoms with E-state index >= 15 is 0 Å². The van der Waals surface area contributed by atoms with Crippen LogP contribution in [0.25, 0.3) is 0 Å². The van der Waals surface area contributed by atoms with Gasteiger partial charge in [0, 0.05) is 49.5 Å². The lowest BCUT2D eigenvalue weighted by molar-refractivity contribution is 0.249. The second-order valence-corrected chi connectivity index (χ2v) is 5.89. The van der Waals surface area contributed by atoms with Crippen molar-refractivity contribution >= 4 is 17.2 Å². The van der Waals surface area contributed by atoms with E-state index in [-0.39, 0.29) is 0 Å². The number of piperazine rings is 1. The molecule has 1 saturated heterocycles. The van der Waals surface area contributed by atoms with Gasteiger partial charge >= 0.3 is 0 Å². The lowest BCUT2D eigenvalue weighted by Crippen LogP contribution is -2.46. The molecule has 20 heavy (non-hydrogen) atoms. The molecule has 1 aliphatic heterocycles. The minimum Gasteiger partial charge on any atom is -0.354 e. The fourth-order valence-electron chi connectivity index (χ4n) is 2.41. The molecule has 5 nitrogen and oxygen atoms in total. The predicted octanol–water partition coefficient (Wildman–Crippen LogP) is 1.82. The lowest BCUT2D eigenvalue weighted by Gasteiger charge is -2.35. The second-order valence-electron chi connectivity index (χ2n) is 4.91. The monoisotopic (exact) mass is 289 g/mol. The average molecular weight is 289 g/mol. The maximum absolute atomic E-state index is 4.40. The highest BCUT2D eigenvalue weighted by Crippen LogP contribution is 2.16. The van der Waals surface area contributed by atoms with Gasteiger partial charge in [-0.15, -0.1) is 11.3 Å². The van der Waals surface area contributed by atoms with Gasteiger partial charge in [-0.25, -0.2) is 15.0 Å². The largest absolute Gasteiger partial charge is 0.354 e. The van der Waals surface area contributed by atoms with Gasteiger partial charge in [-0.1, -0.05) is 6.92 Å². The van der Waals surface area contributed by atoms with Gasteiger partial charge < -0.3 is 4.90 Å². The van der Waals surface area contributed by atoms with Gasteiger partial charge in [0.05, 0.1) is 6.54 Å². The summed E-state index contributed by atoms with van der Waals surface area (Å²) in [7, 11) is 0. The first-order valence-electron chi connectivity index (χ1n) is 7.01. The highest BCUT2D eigenvalue weighted by atomic mass is 32.1. The Morgan fingerprint density at radius 2 is 2.00 bits per heavy atom. The summed E-state index contributed by atoms with van der Waals surface area (Å²) in [6.45, 7) is 7.25. The molecule has 1 fully saturated rings. The third kappa shape index (κ3) is 3.13. The number of aryl methyl sites for hydroxylation is 1. The van der Waals surface area contributed by atoms with Gasteiger partial charge in [-0.05, 0) is 6.42 Å². The summed E-state index contributed by atoms with van der Waals surface area (Å²) in [5.74, 6) is 1.06. The summed E-state index contributed by atoms with van der Waals surface area (Å²) < 4.78 is 0. The summed E-state index contributed by atoms with van der Waals surface area (Å²) in [6, 6.07) is 2.11. The normalized spacial score (nSPS) is 16.6. The van der Waals surface area contributed by atoms with Gasteiger partial charge in [-0.2, -0.15) is 0 Å². The van der Waals surface area contributed by atoms with Gasteiger partial charge in [0.1, 0.15) is 17.2 Å². The molecule has 0 N–H and O–H groups in total. The standard InChI is InChI=1S/C14H19N5S/c1-2-12-9-13(17-11-16-12)19-6-4-18(5-7-19)10-14-15-3-8-20-14/h3,8-9,11H,2,4-7,10H2,1H3. The van der Waals surface area contributed by atoms with Crippen molar-refractivity contribution < 1.29 is 0 Å². The van der Waals surface area contributed by atoms with E-state index in [2.05, 4.69) is 37.7 Å². The molecular formula is C14H19N5S. The number of anilines is 1. The number of hydrogen-bond donors (Lipinski definition) is 0. The maximum atomic E-state index is 4.40. The number of aromatic nitrogens is 3. The molecule has 3 heterocycles. The van der Waals surface area contributed by atoms with Crippen LogP contribution in [0.1, 0.15) is 17.6 Å². The molecule has 0 atom stereocenters. The Kier molecular flexibility index (Phi) is 4.22. The molecular weight excluding hydrogens is 270 g/mol. The second kappa shape index (κ2) is 6.28. The van der Waals surface area contributed by atoms with Gasteiger partial charge in [0.15, 0.2) is 0 Å². The Hall–Kier alpha value is -1.53. The fraction of sp³-hybridized carbons (Fsp3) is 0.500. The molecule has 0 unspecified atom stereocenters. The van der Waals surface area contributed by atoms with Crippen LogP contribution < -0.4 is 4.90 Å². The van der Waals surface area contributed by atoms with Gasteiger partial charge in [0.2, 0.25) is 0 Å². The Morgan fingerprint density at radius 3 is 2.70 bits per heavy atom. The summed E-state index contributed by atoms with van der Waals surface area (Å²) in [5.41, 5.74) is 1.11. The summed E-state index contributed by atoms with van der Waals surface area (Å²) in [5, 5.41) is 3.24. The maximum Gasteiger partial charge on any atom is 0.132 e. The summed E-state index contributed by atoms with van der Waals surface area (Å²) in [6.07, 6.45) is 4.51. The predicted molar refractivity (Wildman–Crippen MR) is 81.0 cm³/mol. The van der Waals surface area contributed by atoms with E-state index in [9.17, 15) is 0 Å². The first kappa shape index (κ1) is 13.5. The van der Waals surface area contributed by atoms with Crippen molar-refractivity contribution in [3.8, 4) is 0 Å². The van der Waals surface area contributed by atoms with E-state index in [1.165, 1.54) is 5.01 Å². The highest BCUT2D eigenvalue weighted by Gasteiger charge is 2.18. The van der Waals surface area contributed by atoms with Crippen LogP contribution in [0.5, 0.6) is 0 Å². The van der Waals surface area contributed by atoms with Crippen LogP contribution in [0.15, 0.2) is 24.0 Å². The third-order valence-electron chi connectivity index (χ3n) is 3.61. The molecule has 6 heteroatoms. The summed E-state index contributed by atoms with van der Waals surface area (Å²) in [4.78, 5) is 17.8. The SMILES string of the molecule is CCc1cc(N2CCN(Cc3nccs3)CC2)ncn1. The zero-order chi connectivity index (χ0) is 13.8. The van der Waals surface area contributed by atoms with Crippen LogP contribution in [0.4, 0.5) is 5.82 Å². The molecule has 2 aromatic heterocycles. The van der Waals surface area contributed by atoms with Crippen molar-refractivity contribution in [2.24, 2.45) is 0 Å².